The second kappa shape index (κ2) is 7.25. The molecule has 1 aromatic heterocycles. The first-order valence-electron chi connectivity index (χ1n) is 7.92. The van der Waals surface area contributed by atoms with Gasteiger partial charge in [0.1, 0.15) is 17.9 Å². The molecule has 0 unspecified atom stereocenters. The third kappa shape index (κ3) is 3.88. The van der Waals surface area contributed by atoms with Crippen LogP contribution in [0.4, 0.5) is 0 Å². The minimum atomic E-state index is 0.657. The lowest BCUT2D eigenvalue weighted by atomic mass is 10.0. The van der Waals surface area contributed by atoms with E-state index in [-0.39, 0.29) is 0 Å². The average molecular weight is 306 g/mol. The number of likely N-dealkylation sites (N-methyl/N-ethyl adjacent to an activating group) is 1. The molecule has 3 rings (SSSR count). The zero-order valence-electron chi connectivity index (χ0n) is 13.7. The lowest BCUT2D eigenvalue weighted by Gasteiger charge is -2.16. The summed E-state index contributed by atoms with van der Waals surface area (Å²) in [4.78, 5) is 6.66. The summed E-state index contributed by atoms with van der Waals surface area (Å²) in [6.07, 6.45) is 2.68. The summed E-state index contributed by atoms with van der Waals surface area (Å²) in [6, 6.07) is 18.8. The van der Waals surface area contributed by atoms with Crippen LogP contribution in [0.2, 0.25) is 0 Å². The number of pyridine rings is 1. The van der Waals surface area contributed by atoms with Gasteiger partial charge in [-0.25, -0.2) is 0 Å². The molecule has 0 aliphatic rings. The van der Waals surface area contributed by atoms with Crippen molar-refractivity contribution in [1.82, 2.24) is 9.88 Å². The van der Waals surface area contributed by atoms with E-state index >= 15 is 0 Å². The fourth-order valence-corrected chi connectivity index (χ4v) is 2.61. The van der Waals surface area contributed by atoms with Crippen LogP contribution in [-0.4, -0.2) is 37.1 Å². The number of benzene rings is 2. The van der Waals surface area contributed by atoms with Crippen molar-refractivity contribution in [3.8, 4) is 5.75 Å². The molecule has 3 nitrogen and oxygen atoms in total. The molecule has 0 aliphatic heterocycles. The van der Waals surface area contributed by atoms with Crippen LogP contribution in [0.5, 0.6) is 5.75 Å². The van der Waals surface area contributed by atoms with Crippen molar-refractivity contribution >= 4 is 10.9 Å². The maximum Gasteiger partial charge on any atom is 0.149 e. The number of hydrogen-bond donors (Lipinski definition) is 0. The Hall–Kier alpha value is -2.39. The van der Waals surface area contributed by atoms with Crippen LogP contribution >= 0.6 is 0 Å². The maximum absolute atomic E-state index is 6.13. The van der Waals surface area contributed by atoms with Crippen molar-refractivity contribution in [1.29, 1.82) is 0 Å². The zero-order chi connectivity index (χ0) is 16.1. The minimum absolute atomic E-state index is 0.657. The van der Waals surface area contributed by atoms with Gasteiger partial charge in [-0.15, -0.1) is 0 Å². The fourth-order valence-electron chi connectivity index (χ4n) is 2.61. The molecule has 3 heteroatoms. The van der Waals surface area contributed by atoms with Crippen LogP contribution < -0.4 is 4.74 Å². The van der Waals surface area contributed by atoms with Gasteiger partial charge in [-0.1, -0.05) is 48.5 Å². The Morgan fingerprint density at radius 2 is 1.78 bits per heavy atom. The van der Waals surface area contributed by atoms with E-state index < -0.39 is 0 Å². The molecule has 118 valence electrons. The van der Waals surface area contributed by atoms with E-state index in [1.54, 1.807) is 0 Å². The van der Waals surface area contributed by atoms with Crippen molar-refractivity contribution in [3.05, 3.63) is 71.9 Å². The molecular formula is C20H22N2O. The van der Waals surface area contributed by atoms with Gasteiger partial charge in [0.2, 0.25) is 0 Å². The Balaban J connectivity index is 1.95. The van der Waals surface area contributed by atoms with E-state index in [4.69, 9.17) is 4.74 Å². The zero-order valence-corrected chi connectivity index (χ0v) is 13.7. The number of hydrogen-bond acceptors (Lipinski definition) is 3. The highest BCUT2D eigenvalue weighted by Gasteiger charge is 2.11. The molecule has 0 spiro atoms. The van der Waals surface area contributed by atoms with Crippen LogP contribution in [0, 0.1) is 0 Å². The van der Waals surface area contributed by atoms with Gasteiger partial charge in [-0.05, 0) is 25.7 Å². The lowest BCUT2D eigenvalue weighted by Crippen LogP contribution is -2.20. The van der Waals surface area contributed by atoms with Crippen molar-refractivity contribution < 1.29 is 4.74 Å². The van der Waals surface area contributed by atoms with E-state index in [0.29, 0.717) is 6.61 Å². The standard InChI is InChI=1S/C20H22N2O/c1-22(2)13-14-23-20-18(15-16-7-4-3-5-8-16)11-10-17-9-6-12-21-19(17)20/h3-12H,13-15H2,1-2H3. The molecule has 1 heterocycles. The fraction of sp³-hybridized carbons (Fsp3) is 0.250. The monoisotopic (exact) mass is 306 g/mol. The van der Waals surface area contributed by atoms with E-state index in [2.05, 4.69) is 66.4 Å². The summed E-state index contributed by atoms with van der Waals surface area (Å²) < 4.78 is 6.13. The van der Waals surface area contributed by atoms with Gasteiger partial charge in [0.15, 0.2) is 0 Å². The molecule has 3 aromatic rings. The molecule has 0 saturated heterocycles. The molecule has 2 aromatic carbocycles. The second-order valence-corrected chi connectivity index (χ2v) is 5.94. The van der Waals surface area contributed by atoms with Gasteiger partial charge < -0.3 is 9.64 Å². The van der Waals surface area contributed by atoms with Crippen LogP contribution in [0.15, 0.2) is 60.8 Å². The van der Waals surface area contributed by atoms with Crippen molar-refractivity contribution in [2.45, 2.75) is 6.42 Å². The van der Waals surface area contributed by atoms with Crippen molar-refractivity contribution in [2.75, 3.05) is 27.2 Å². The topological polar surface area (TPSA) is 25.4 Å². The second-order valence-electron chi connectivity index (χ2n) is 5.94. The normalized spacial score (nSPS) is 11.1. The summed E-state index contributed by atoms with van der Waals surface area (Å²) in [7, 11) is 4.10. The first kappa shape index (κ1) is 15.5. The number of rotatable bonds is 6. The van der Waals surface area contributed by atoms with Crippen LogP contribution in [0.25, 0.3) is 10.9 Å². The highest BCUT2D eigenvalue weighted by atomic mass is 16.5. The molecule has 0 bridgehead atoms. The van der Waals surface area contributed by atoms with Crippen LogP contribution in [0.3, 0.4) is 0 Å². The summed E-state index contributed by atoms with van der Waals surface area (Å²) in [5, 5.41) is 1.11. The molecular weight excluding hydrogens is 284 g/mol. The molecule has 23 heavy (non-hydrogen) atoms. The molecule has 0 aliphatic carbocycles. The molecule has 0 fully saturated rings. The van der Waals surface area contributed by atoms with Crippen LogP contribution in [0.1, 0.15) is 11.1 Å². The molecule has 0 amide bonds. The predicted molar refractivity (Wildman–Crippen MR) is 95.0 cm³/mol. The van der Waals surface area contributed by atoms with Crippen LogP contribution in [-0.2, 0) is 6.42 Å². The Morgan fingerprint density at radius 3 is 2.57 bits per heavy atom. The largest absolute Gasteiger partial charge is 0.490 e. The smallest absolute Gasteiger partial charge is 0.149 e. The summed E-state index contributed by atoms with van der Waals surface area (Å²) in [6.45, 7) is 1.54. The summed E-state index contributed by atoms with van der Waals surface area (Å²) >= 11 is 0. The Kier molecular flexibility index (Phi) is 4.89. The first-order valence-corrected chi connectivity index (χ1v) is 7.92. The Bertz CT molecular complexity index is 769. The quantitative estimate of drug-likeness (QED) is 0.693. The van der Waals surface area contributed by atoms with Gasteiger partial charge in [0.05, 0.1) is 0 Å². The van der Waals surface area contributed by atoms with Gasteiger partial charge in [0, 0.05) is 30.1 Å². The summed E-state index contributed by atoms with van der Waals surface area (Å²) in [5.74, 6) is 0.911. The van der Waals surface area contributed by atoms with E-state index in [0.717, 1.165) is 29.6 Å². The molecule has 0 saturated carbocycles. The van der Waals surface area contributed by atoms with E-state index in [1.165, 1.54) is 11.1 Å². The van der Waals surface area contributed by atoms with Gasteiger partial charge in [-0.3, -0.25) is 4.98 Å². The number of nitrogens with zero attached hydrogens (tertiary/aromatic N) is 2. The lowest BCUT2D eigenvalue weighted by molar-refractivity contribution is 0.262. The van der Waals surface area contributed by atoms with Crippen molar-refractivity contribution in [2.24, 2.45) is 0 Å². The average Bonchev–Trinajstić information content (AvgIpc) is 2.57. The summed E-state index contributed by atoms with van der Waals surface area (Å²) in [5.41, 5.74) is 3.40. The molecule has 0 N–H and O–H groups in total. The van der Waals surface area contributed by atoms with E-state index in [1.807, 2.05) is 18.3 Å². The Morgan fingerprint density at radius 1 is 0.957 bits per heavy atom. The number of fused-ring (bicyclic) bond motifs is 1. The Labute approximate surface area is 137 Å². The van der Waals surface area contributed by atoms with Gasteiger partial charge in [-0.2, -0.15) is 0 Å². The first-order chi connectivity index (χ1) is 11.2. The van der Waals surface area contributed by atoms with Gasteiger partial charge >= 0.3 is 0 Å². The number of aromatic nitrogens is 1. The van der Waals surface area contributed by atoms with Crippen molar-refractivity contribution in [3.63, 3.8) is 0 Å². The number of ether oxygens (including phenoxy) is 1. The predicted octanol–water partition coefficient (Wildman–Crippen LogP) is 3.77. The third-order valence-electron chi connectivity index (χ3n) is 3.83. The molecule has 0 atom stereocenters. The minimum Gasteiger partial charge on any atom is -0.490 e. The van der Waals surface area contributed by atoms with E-state index in [9.17, 15) is 0 Å². The highest BCUT2D eigenvalue weighted by molar-refractivity contribution is 5.85. The SMILES string of the molecule is CN(C)CCOc1c(Cc2ccccc2)ccc2cccnc12. The maximum atomic E-state index is 6.13. The third-order valence-corrected chi connectivity index (χ3v) is 3.83. The molecule has 0 radical (unpaired) electrons. The highest BCUT2D eigenvalue weighted by Crippen LogP contribution is 2.30. The van der Waals surface area contributed by atoms with Gasteiger partial charge in [0.25, 0.3) is 0 Å².